The first kappa shape index (κ1) is 35.5. The van der Waals surface area contributed by atoms with Gasteiger partial charge in [0.15, 0.2) is 18.9 Å². The van der Waals surface area contributed by atoms with Crippen molar-refractivity contribution in [3.8, 4) is 0 Å². The molecule has 0 amide bonds. The van der Waals surface area contributed by atoms with E-state index in [1.54, 1.807) is 0 Å². The summed E-state index contributed by atoms with van der Waals surface area (Å²) in [5.41, 5.74) is 30.7. The molecule has 262 valence electrons. The van der Waals surface area contributed by atoms with Gasteiger partial charge in [-0.05, 0) is 12.8 Å². The predicted octanol–water partition coefficient (Wildman–Crippen LogP) is -7.82. The summed E-state index contributed by atoms with van der Waals surface area (Å²) in [6.45, 7) is -1.00. The molecule has 1 saturated carbocycles. The van der Waals surface area contributed by atoms with E-state index in [4.69, 9.17) is 61.8 Å². The van der Waals surface area contributed by atoms with Crippen LogP contribution < -0.4 is 28.7 Å². The zero-order valence-electron chi connectivity index (χ0n) is 24.7. The van der Waals surface area contributed by atoms with Crippen LogP contribution in [0, 0.1) is 5.92 Å². The maximum atomic E-state index is 11.2. The third-order valence-electron chi connectivity index (χ3n) is 9.55. The molecule has 0 spiro atoms. The van der Waals surface area contributed by atoms with Crippen LogP contribution >= 0.6 is 0 Å². The van der Waals surface area contributed by atoms with Crippen LogP contribution in [0.25, 0.3) is 0 Å². The molecule has 0 bridgehead atoms. The Morgan fingerprint density at radius 2 is 1.27 bits per heavy atom. The molecule has 0 aromatic rings. The summed E-state index contributed by atoms with van der Waals surface area (Å²) in [4.78, 5) is 0. The first-order chi connectivity index (χ1) is 21.4. The molecule has 5 fully saturated rings. The molecule has 0 radical (unpaired) electrons. The lowest BCUT2D eigenvalue weighted by molar-refractivity contribution is -0.328. The molecule has 17 N–H and O–H groups in total. The second-order valence-corrected chi connectivity index (χ2v) is 12.5. The Kier molecular flexibility index (Phi) is 11.7. The molecule has 45 heavy (non-hydrogen) atoms. The summed E-state index contributed by atoms with van der Waals surface area (Å²) in [6, 6.07) is -3.86. The second kappa shape index (κ2) is 14.8. The maximum absolute atomic E-state index is 11.2. The number of ether oxygens (including phenoxy) is 7. The Morgan fingerprint density at radius 3 is 1.93 bits per heavy atom. The minimum atomic E-state index is -1.58. The molecule has 19 heteroatoms. The van der Waals surface area contributed by atoms with Gasteiger partial charge in [0.1, 0.15) is 48.8 Å². The molecule has 0 aromatic heterocycles. The van der Waals surface area contributed by atoms with Gasteiger partial charge in [-0.3, -0.25) is 0 Å². The molecule has 5 rings (SSSR count). The Labute approximate surface area is 259 Å². The van der Waals surface area contributed by atoms with Crippen LogP contribution in [0.2, 0.25) is 0 Å². The van der Waals surface area contributed by atoms with E-state index in [1.165, 1.54) is 0 Å². The molecule has 20 atom stereocenters. The summed E-state index contributed by atoms with van der Waals surface area (Å²) >= 11 is 0. The highest BCUT2D eigenvalue weighted by atomic mass is 16.8. The third-order valence-corrected chi connectivity index (χ3v) is 9.55. The largest absolute Gasteiger partial charge is 0.396 e. The van der Waals surface area contributed by atoms with Gasteiger partial charge < -0.3 is 97.6 Å². The van der Waals surface area contributed by atoms with Gasteiger partial charge in [-0.15, -0.1) is 0 Å². The van der Waals surface area contributed by atoms with Crippen LogP contribution in [0.4, 0.5) is 0 Å². The normalized spacial score (nSPS) is 54.1. The quantitative estimate of drug-likeness (QED) is 0.110. The van der Waals surface area contributed by atoms with Gasteiger partial charge in [-0.25, -0.2) is 0 Å². The van der Waals surface area contributed by atoms with Crippen LogP contribution in [0.5, 0.6) is 0 Å². The number of nitrogens with two attached hydrogens (primary N) is 5. The number of hydrogen-bond acceptors (Lipinski definition) is 19. The molecule has 10 unspecified atom stereocenters. The highest BCUT2D eigenvalue weighted by Gasteiger charge is 2.55. The van der Waals surface area contributed by atoms with Crippen LogP contribution in [-0.2, 0) is 33.2 Å². The second-order valence-electron chi connectivity index (χ2n) is 12.5. The standard InChI is InChI=1S/C26H49N5O14/c27-4-11-15(35)7(5-32)13(30)24(40-11)44-21-12(6-33)41-26(18(21)38)45-23-16(36)8(28)3-9(29)19(23)42-25-14(31)17(37)22-20(43-25)10(34)1-2-39-22/h7-26,32-38H,1-6,27-31H2/t7?,8-,9?,10?,11?,12-,13?,14?,15+,16?,17?,18+,19-,20?,21+,22+,23?,24-,25+,26+/m1/s1. The van der Waals surface area contributed by atoms with Crippen LogP contribution in [-0.4, -0.2) is 178 Å². The molecule has 1 aliphatic carbocycles. The van der Waals surface area contributed by atoms with Crippen molar-refractivity contribution in [3.63, 3.8) is 0 Å². The van der Waals surface area contributed by atoms with Gasteiger partial charge in [0, 0.05) is 31.2 Å². The fourth-order valence-electron chi connectivity index (χ4n) is 6.81. The Morgan fingerprint density at radius 1 is 0.622 bits per heavy atom. The van der Waals surface area contributed by atoms with E-state index in [9.17, 15) is 35.7 Å². The van der Waals surface area contributed by atoms with E-state index in [1.807, 2.05) is 0 Å². The van der Waals surface area contributed by atoms with Crippen LogP contribution in [0.1, 0.15) is 12.8 Å². The molecular formula is C26H49N5O14. The van der Waals surface area contributed by atoms with Crippen molar-refractivity contribution in [1.29, 1.82) is 0 Å². The summed E-state index contributed by atoms with van der Waals surface area (Å²) in [5.74, 6) is -0.849. The fourth-order valence-corrected chi connectivity index (χ4v) is 6.81. The average Bonchev–Trinajstić information content (AvgIpc) is 3.31. The Bertz CT molecular complexity index is 964. The highest BCUT2D eigenvalue weighted by molar-refractivity contribution is 5.03. The molecule has 4 heterocycles. The van der Waals surface area contributed by atoms with E-state index in [0.717, 1.165) is 0 Å². The zero-order chi connectivity index (χ0) is 32.7. The first-order valence-corrected chi connectivity index (χ1v) is 15.3. The third kappa shape index (κ3) is 6.90. The van der Waals surface area contributed by atoms with Crippen molar-refractivity contribution in [3.05, 3.63) is 0 Å². The van der Waals surface area contributed by atoms with E-state index in [0.29, 0.717) is 0 Å². The number of aliphatic hydroxyl groups excluding tert-OH is 7. The molecule has 4 aliphatic heterocycles. The van der Waals surface area contributed by atoms with Crippen molar-refractivity contribution < 1.29 is 68.9 Å². The minimum Gasteiger partial charge on any atom is -0.396 e. The van der Waals surface area contributed by atoms with Gasteiger partial charge in [0.05, 0.1) is 49.7 Å². The van der Waals surface area contributed by atoms with Crippen molar-refractivity contribution in [1.82, 2.24) is 0 Å². The Hall–Kier alpha value is -0.760. The number of rotatable bonds is 9. The van der Waals surface area contributed by atoms with Crippen molar-refractivity contribution in [2.24, 2.45) is 34.6 Å². The molecule has 19 nitrogen and oxygen atoms in total. The van der Waals surface area contributed by atoms with Gasteiger partial charge in [0.25, 0.3) is 0 Å². The zero-order valence-corrected chi connectivity index (χ0v) is 24.7. The number of fused-ring (bicyclic) bond motifs is 1. The van der Waals surface area contributed by atoms with Crippen molar-refractivity contribution >= 4 is 0 Å². The van der Waals surface area contributed by atoms with Crippen molar-refractivity contribution in [2.75, 3.05) is 26.4 Å². The van der Waals surface area contributed by atoms with E-state index < -0.39 is 135 Å². The lowest BCUT2D eigenvalue weighted by Gasteiger charge is -2.49. The van der Waals surface area contributed by atoms with E-state index in [-0.39, 0.29) is 26.0 Å². The van der Waals surface area contributed by atoms with Gasteiger partial charge in [-0.2, -0.15) is 0 Å². The predicted molar refractivity (Wildman–Crippen MR) is 148 cm³/mol. The first-order valence-electron chi connectivity index (χ1n) is 15.3. The molecule has 0 aromatic carbocycles. The Balaban J connectivity index is 1.31. The summed E-state index contributed by atoms with van der Waals surface area (Å²) in [5, 5.41) is 73.8. The van der Waals surface area contributed by atoms with Crippen LogP contribution in [0.15, 0.2) is 0 Å². The number of aliphatic hydroxyl groups is 7. The SMILES string of the molecule is NCC1O[C@H](O[C@@H]2[C@H](O)[C@H](OC3C(O)[C@H](N)CC(N)[C@H]3O[C@H]3OC4C(O)CCO[C@H]4C(O)C3N)O[C@@H]2CO)C(N)C(CO)[C@@H]1O. The summed E-state index contributed by atoms with van der Waals surface area (Å²) in [6.07, 6.45) is -17.7. The smallest absolute Gasteiger partial charge is 0.187 e. The molecule has 4 saturated heterocycles. The topological polar surface area (TPSA) is 336 Å². The summed E-state index contributed by atoms with van der Waals surface area (Å²) in [7, 11) is 0. The lowest BCUT2D eigenvalue weighted by atomic mass is 9.84. The van der Waals surface area contributed by atoms with E-state index >= 15 is 0 Å². The highest BCUT2D eigenvalue weighted by Crippen LogP contribution is 2.36. The van der Waals surface area contributed by atoms with E-state index in [2.05, 4.69) is 0 Å². The lowest BCUT2D eigenvalue weighted by Crippen LogP contribution is -2.69. The minimum absolute atomic E-state index is 0.101. The van der Waals surface area contributed by atoms with Gasteiger partial charge in [-0.1, -0.05) is 0 Å². The molecular weight excluding hydrogens is 606 g/mol. The number of hydrogen-bond donors (Lipinski definition) is 12. The summed E-state index contributed by atoms with van der Waals surface area (Å²) < 4.78 is 41.0. The average molecular weight is 656 g/mol. The van der Waals surface area contributed by atoms with Crippen LogP contribution in [0.3, 0.4) is 0 Å². The molecule has 5 aliphatic rings. The van der Waals surface area contributed by atoms with Gasteiger partial charge >= 0.3 is 0 Å². The fraction of sp³-hybridized carbons (Fsp3) is 1.00. The maximum Gasteiger partial charge on any atom is 0.187 e. The van der Waals surface area contributed by atoms with Crippen molar-refractivity contribution in [2.45, 2.75) is 129 Å². The van der Waals surface area contributed by atoms with Gasteiger partial charge in [0.2, 0.25) is 0 Å². The monoisotopic (exact) mass is 655 g/mol.